The normalized spacial score (nSPS) is 19.7. The van der Waals surface area contributed by atoms with Crippen molar-refractivity contribution in [1.82, 2.24) is 4.98 Å². The van der Waals surface area contributed by atoms with Crippen LogP contribution in [0.2, 0.25) is 0 Å². The van der Waals surface area contributed by atoms with Crippen LogP contribution < -0.4 is 0 Å². The second-order valence-corrected chi connectivity index (χ2v) is 10.0. The maximum atomic E-state index is 12.6. The molecular weight excluding hydrogens is 346 g/mol. The van der Waals surface area contributed by atoms with Crippen molar-refractivity contribution in [2.75, 3.05) is 12.4 Å². The summed E-state index contributed by atoms with van der Waals surface area (Å²) in [5.41, 5.74) is 0.179. The number of hydrogen-bond acceptors (Lipinski definition) is 6. The molecule has 0 N–H and O–H groups in total. The molecule has 5 nitrogen and oxygen atoms in total. The van der Waals surface area contributed by atoms with Crippen LogP contribution in [0.25, 0.3) is 10.2 Å². The lowest BCUT2D eigenvalue weighted by Crippen LogP contribution is -2.35. The lowest BCUT2D eigenvalue weighted by Gasteiger charge is -2.32. The van der Waals surface area contributed by atoms with Gasteiger partial charge in [-0.2, -0.15) is 0 Å². The highest BCUT2D eigenvalue weighted by Gasteiger charge is 2.29. The topological polar surface area (TPSA) is 65.5 Å². The molecule has 7 heteroatoms. The Labute approximate surface area is 146 Å². The van der Waals surface area contributed by atoms with E-state index in [0.29, 0.717) is 13.0 Å². The van der Waals surface area contributed by atoms with Crippen LogP contribution in [0.3, 0.4) is 0 Å². The number of benzene rings is 1. The van der Waals surface area contributed by atoms with Crippen LogP contribution in [0.4, 0.5) is 0 Å². The van der Waals surface area contributed by atoms with Crippen LogP contribution in [0.5, 0.6) is 0 Å². The number of nitrogens with zero attached hydrogens (tertiary/aromatic N) is 1. The minimum atomic E-state index is -3.41. The monoisotopic (exact) mass is 369 g/mol. The molecule has 2 heterocycles. The third-order valence-electron chi connectivity index (χ3n) is 4.10. The van der Waals surface area contributed by atoms with Gasteiger partial charge in [-0.1, -0.05) is 12.1 Å². The number of ether oxygens (including phenoxy) is 2. The maximum absolute atomic E-state index is 12.6. The highest BCUT2D eigenvalue weighted by molar-refractivity contribution is 7.93. The van der Waals surface area contributed by atoms with E-state index in [1.165, 1.54) is 11.3 Å². The highest BCUT2D eigenvalue weighted by Crippen LogP contribution is 2.28. The number of hydrogen-bond donors (Lipinski definition) is 0. The number of aromatic nitrogens is 1. The molecule has 0 amide bonds. The van der Waals surface area contributed by atoms with Gasteiger partial charge in [0.05, 0.1) is 21.6 Å². The molecule has 1 atom stereocenters. The Kier molecular flexibility index (Phi) is 5.24. The van der Waals surface area contributed by atoms with Crippen molar-refractivity contribution < 1.29 is 17.9 Å². The zero-order valence-corrected chi connectivity index (χ0v) is 15.7. The van der Waals surface area contributed by atoms with E-state index in [9.17, 15) is 8.42 Å². The average Bonchev–Trinajstić information content (AvgIpc) is 2.99. The fraction of sp³-hybridized carbons (Fsp3) is 0.588. The highest BCUT2D eigenvalue weighted by atomic mass is 32.2. The van der Waals surface area contributed by atoms with Crippen LogP contribution >= 0.6 is 11.3 Å². The first kappa shape index (κ1) is 17.8. The van der Waals surface area contributed by atoms with Crippen LogP contribution in [-0.4, -0.2) is 37.7 Å². The van der Waals surface area contributed by atoms with E-state index >= 15 is 0 Å². The summed E-state index contributed by atoms with van der Waals surface area (Å²) in [6, 6.07) is 7.47. The van der Waals surface area contributed by atoms with E-state index in [1.807, 2.05) is 38.1 Å². The Bertz CT molecular complexity index is 759. The summed E-state index contributed by atoms with van der Waals surface area (Å²) in [5.74, 6) is 0.0204. The van der Waals surface area contributed by atoms with Crippen LogP contribution in [0, 0.1) is 0 Å². The summed E-state index contributed by atoms with van der Waals surface area (Å²) in [7, 11) is -3.41. The molecule has 132 valence electrons. The predicted molar refractivity (Wildman–Crippen MR) is 95.0 cm³/mol. The molecule has 0 aliphatic carbocycles. The van der Waals surface area contributed by atoms with Gasteiger partial charge in [-0.05, 0) is 51.7 Å². The molecule has 2 aromatic rings. The lowest BCUT2D eigenvalue weighted by molar-refractivity contribution is -0.215. The average molecular weight is 370 g/mol. The Morgan fingerprint density at radius 3 is 2.83 bits per heavy atom. The summed E-state index contributed by atoms with van der Waals surface area (Å²) in [6.45, 7) is 4.54. The van der Waals surface area contributed by atoms with Crippen molar-refractivity contribution in [2.24, 2.45) is 0 Å². The fourth-order valence-corrected chi connectivity index (χ4v) is 5.57. The molecule has 1 fully saturated rings. The van der Waals surface area contributed by atoms with E-state index in [1.54, 1.807) is 0 Å². The Balaban J connectivity index is 1.65. The Morgan fingerprint density at radius 2 is 2.12 bits per heavy atom. The summed E-state index contributed by atoms with van der Waals surface area (Å²) in [4.78, 5) is 4.27. The number of fused-ring (bicyclic) bond motifs is 1. The number of para-hydroxylation sites is 1. The SMILES string of the molecule is CC(C)(CCS(=O)(=O)c1nc2ccccc2s1)OC1CCCCO1. The van der Waals surface area contributed by atoms with Gasteiger partial charge in [-0.3, -0.25) is 0 Å². The standard InChI is InChI=1S/C17H23NO4S2/c1-17(2,22-15-9-5-6-11-21-15)10-12-24(19,20)16-18-13-7-3-4-8-14(13)23-16/h3-4,7-8,15H,5-6,9-12H2,1-2H3. The summed E-state index contributed by atoms with van der Waals surface area (Å²) < 4.78 is 37.8. The van der Waals surface area contributed by atoms with Crippen molar-refractivity contribution in [3.05, 3.63) is 24.3 Å². The van der Waals surface area contributed by atoms with Gasteiger partial charge in [0, 0.05) is 6.61 Å². The van der Waals surface area contributed by atoms with Gasteiger partial charge < -0.3 is 9.47 Å². The van der Waals surface area contributed by atoms with E-state index in [-0.39, 0.29) is 16.4 Å². The van der Waals surface area contributed by atoms with Gasteiger partial charge in [-0.15, -0.1) is 11.3 Å². The molecule has 1 aromatic heterocycles. The van der Waals surface area contributed by atoms with Gasteiger partial charge in [0.2, 0.25) is 14.2 Å². The molecule has 1 aromatic carbocycles. The largest absolute Gasteiger partial charge is 0.353 e. The molecule has 0 saturated carbocycles. The summed E-state index contributed by atoms with van der Waals surface area (Å²) >= 11 is 1.23. The zero-order chi connectivity index (χ0) is 17.2. The van der Waals surface area contributed by atoms with Crippen molar-refractivity contribution in [3.8, 4) is 0 Å². The minimum absolute atomic E-state index is 0.0204. The van der Waals surface area contributed by atoms with Crippen molar-refractivity contribution >= 4 is 31.4 Å². The lowest BCUT2D eigenvalue weighted by atomic mass is 10.1. The first-order chi connectivity index (χ1) is 11.4. The summed E-state index contributed by atoms with van der Waals surface area (Å²) in [5, 5.41) is 0. The van der Waals surface area contributed by atoms with Crippen LogP contribution in [0.15, 0.2) is 28.6 Å². The number of rotatable bonds is 6. The van der Waals surface area contributed by atoms with Crippen LogP contribution in [-0.2, 0) is 19.3 Å². The van der Waals surface area contributed by atoms with Crippen molar-refractivity contribution in [3.63, 3.8) is 0 Å². The first-order valence-electron chi connectivity index (χ1n) is 8.23. The van der Waals surface area contributed by atoms with E-state index in [4.69, 9.17) is 9.47 Å². The van der Waals surface area contributed by atoms with Gasteiger partial charge in [0.1, 0.15) is 0 Å². The molecular formula is C17H23NO4S2. The zero-order valence-electron chi connectivity index (χ0n) is 14.0. The van der Waals surface area contributed by atoms with Crippen LogP contribution in [0.1, 0.15) is 39.5 Å². The maximum Gasteiger partial charge on any atom is 0.210 e. The summed E-state index contributed by atoms with van der Waals surface area (Å²) in [6.07, 6.45) is 3.20. The predicted octanol–water partition coefficient (Wildman–Crippen LogP) is 3.78. The minimum Gasteiger partial charge on any atom is -0.353 e. The fourth-order valence-electron chi connectivity index (χ4n) is 2.67. The second kappa shape index (κ2) is 7.07. The van der Waals surface area contributed by atoms with Gasteiger partial charge in [0.15, 0.2) is 6.29 Å². The molecule has 0 radical (unpaired) electrons. The van der Waals surface area contributed by atoms with Gasteiger partial charge in [-0.25, -0.2) is 13.4 Å². The first-order valence-corrected chi connectivity index (χ1v) is 10.7. The number of sulfone groups is 1. The van der Waals surface area contributed by atoms with Crippen molar-refractivity contribution in [1.29, 1.82) is 0 Å². The molecule has 0 spiro atoms. The van der Waals surface area contributed by atoms with Gasteiger partial charge >= 0.3 is 0 Å². The van der Waals surface area contributed by atoms with Crippen molar-refractivity contribution in [2.45, 2.75) is 55.8 Å². The molecule has 3 rings (SSSR count). The molecule has 24 heavy (non-hydrogen) atoms. The van der Waals surface area contributed by atoms with E-state index < -0.39 is 15.4 Å². The second-order valence-electron chi connectivity index (χ2n) is 6.69. The number of thiazole rings is 1. The molecule has 0 bridgehead atoms. The van der Waals surface area contributed by atoms with E-state index in [0.717, 1.165) is 29.5 Å². The smallest absolute Gasteiger partial charge is 0.210 e. The molecule has 1 aliphatic rings. The molecule has 1 saturated heterocycles. The Hall–Kier alpha value is -1.02. The molecule has 1 unspecified atom stereocenters. The third kappa shape index (κ3) is 4.33. The quantitative estimate of drug-likeness (QED) is 0.775. The molecule has 1 aliphatic heterocycles. The Morgan fingerprint density at radius 1 is 1.33 bits per heavy atom. The van der Waals surface area contributed by atoms with E-state index in [2.05, 4.69) is 4.98 Å². The van der Waals surface area contributed by atoms with Gasteiger partial charge in [0.25, 0.3) is 0 Å². The third-order valence-corrected chi connectivity index (χ3v) is 7.31.